The summed E-state index contributed by atoms with van der Waals surface area (Å²) in [6.45, 7) is 9.45. The lowest BCUT2D eigenvalue weighted by Gasteiger charge is -2.33. The molecule has 112 valence electrons. The Morgan fingerprint density at radius 1 is 1.21 bits per heavy atom. The molecule has 19 heavy (non-hydrogen) atoms. The number of nitrogens with zero attached hydrogens (tertiary/aromatic N) is 2. The Morgan fingerprint density at radius 3 is 2.32 bits per heavy atom. The SMILES string of the molecule is CN(CCN(C)C1CCNCC1)C(=O)OC(C)(C)C. The molecule has 1 aliphatic rings. The highest BCUT2D eigenvalue weighted by molar-refractivity contribution is 5.67. The summed E-state index contributed by atoms with van der Waals surface area (Å²) in [5, 5.41) is 3.37. The molecule has 0 unspecified atom stereocenters. The van der Waals surface area contributed by atoms with Crippen molar-refractivity contribution in [1.82, 2.24) is 15.1 Å². The molecular weight excluding hydrogens is 242 g/mol. The fraction of sp³-hybridized carbons (Fsp3) is 0.929. The molecule has 1 saturated heterocycles. The Hall–Kier alpha value is -0.810. The summed E-state index contributed by atoms with van der Waals surface area (Å²) in [5.41, 5.74) is -0.424. The summed E-state index contributed by atoms with van der Waals surface area (Å²) in [6, 6.07) is 0.633. The first-order valence-electron chi connectivity index (χ1n) is 7.14. The largest absolute Gasteiger partial charge is 0.444 e. The molecule has 0 aromatic heterocycles. The first kappa shape index (κ1) is 16.2. The maximum atomic E-state index is 11.8. The van der Waals surface area contributed by atoms with Crippen LogP contribution < -0.4 is 5.32 Å². The van der Waals surface area contributed by atoms with Gasteiger partial charge >= 0.3 is 6.09 Å². The van der Waals surface area contributed by atoms with Crippen LogP contribution in [0.2, 0.25) is 0 Å². The van der Waals surface area contributed by atoms with Crippen LogP contribution in [0, 0.1) is 0 Å². The highest BCUT2D eigenvalue weighted by Gasteiger charge is 2.21. The van der Waals surface area contributed by atoms with Crippen molar-refractivity contribution in [2.24, 2.45) is 0 Å². The number of hydrogen-bond acceptors (Lipinski definition) is 4. The second kappa shape index (κ2) is 7.10. The molecule has 0 aliphatic carbocycles. The van der Waals surface area contributed by atoms with Crippen molar-refractivity contribution in [2.45, 2.75) is 45.3 Å². The molecule has 1 N–H and O–H groups in total. The predicted octanol–water partition coefficient (Wildman–Crippen LogP) is 1.54. The molecule has 0 aromatic rings. The molecular formula is C14H29N3O2. The smallest absolute Gasteiger partial charge is 0.410 e. The van der Waals surface area contributed by atoms with Crippen molar-refractivity contribution in [3.05, 3.63) is 0 Å². The predicted molar refractivity (Wildman–Crippen MR) is 77.4 cm³/mol. The molecule has 1 amide bonds. The Morgan fingerprint density at radius 2 is 1.79 bits per heavy atom. The molecule has 1 fully saturated rings. The third-order valence-corrected chi connectivity index (χ3v) is 3.43. The Balaban J connectivity index is 2.28. The number of likely N-dealkylation sites (N-methyl/N-ethyl adjacent to an activating group) is 2. The van der Waals surface area contributed by atoms with Gasteiger partial charge in [0.15, 0.2) is 0 Å². The van der Waals surface area contributed by atoms with E-state index < -0.39 is 5.60 Å². The summed E-state index contributed by atoms with van der Waals surface area (Å²) >= 11 is 0. The van der Waals surface area contributed by atoms with E-state index in [4.69, 9.17) is 4.74 Å². The number of nitrogens with one attached hydrogen (secondary N) is 1. The number of rotatable bonds is 4. The summed E-state index contributed by atoms with van der Waals surface area (Å²) in [7, 11) is 3.93. The van der Waals surface area contributed by atoms with E-state index in [0.717, 1.165) is 19.6 Å². The molecule has 5 nitrogen and oxygen atoms in total. The average Bonchev–Trinajstić information content (AvgIpc) is 2.34. The van der Waals surface area contributed by atoms with Gasteiger partial charge in [-0.05, 0) is 53.8 Å². The normalized spacial score (nSPS) is 17.6. The number of hydrogen-bond donors (Lipinski definition) is 1. The summed E-state index contributed by atoms with van der Waals surface area (Å²) in [6.07, 6.45) is 2.13. The second-order valence-electron chi connectivity index (χ2n) is 6.36. The molecule has 0 saturated carbocycles. The lowest BCUT2D eigenvalue weighted by atomic mass is 10.1. The molecule has 0 radical (unpaired) electrons. The highest BCUT2D eigenvalue weighted by Crippen LogP contribution is 2.11. The van der Waals surface area contributed by atoms with Gasteiger partial charge in [0, 0.05) is 26.2 Å². The molecule has 0 aromatic carbocycles. The van der Waals surface area contributed by atoms with E-state index in [0.29, 0.717) is 12.6 Å². The minimum absolute atomic E-state index is 0.244. The summed E-state index contributed by atoms with van der Waals surface area (Å²) in [4.78, 5) is 15.8. The van der Waals surface area contributed by atoms with Gasteiger partial charge in [-0.1, -0.05) is 0 Å². The molecule has 1 rings (SSSR count). The highest BCUT2D eigenvalue weighted by atomic mass is 16.6. The van der Waals surface area contributed by atoms with Crippen LogP contribution in [0.5, 0.6) is 0 Å². The van der Waals surface area contributed by atoms with E-state index in [2.05, 4.69) is 17.3 Å². The molecule has 0 spiro atoms. The van der Waals surface area contributed by atoms with Crippen LogP contribution in [0.25, 0.3) is 0 Å². The minimum Gasteiger partial charge on any atom is -0.444 e. The third-order valence-electron chi connectivity index (χ3n) is 3.43. The van der Waals surface area contributed by atoms with E-state index in [1.54, 1.807) is 11.9 Å². The fourth-order valence-electron chi connectivity index (χ4n) is 2.17. The van der Waals surface area contributed by atoms with E-state index in [-0.39, 0.29) is 6.09 Å². The van der Waals surface area contributed by atoms with Gasteiger partial charge in [-0.15, -0.1) is 0 Å². The zero-order valence-corrected chi connectivity index (χ0v) is 13.0. The topological polar surface area (TPSA) is 44.8 Å². The van der Waals surface area contributed by atoms with Gasteiger partial charge in [0.25, 0.3) is 0 Å². The van der Waals surface area contributed by atoms with Gasteiger partial charge in [0.2, 0.25) is 0 Å². The maximum Gasteiger partial charge on any atom is 0.410 e. The molecule has 0 bridgehead atoms. The number of ether oxygens (including phenoxy) is 1. The van der Waals surface area contributed by atoms with Crippen LogP contribution in [0.15, 0.2) is 0 Å². The quantitative estimate of drug-likeness (QED) is 0.842. The van der Waals surface area contributed by atoms with Crippen LogP contribution in [-0.4, -0.2) is 67.8 Å². The van der Waals surface area contributed by atoms with Gasteiger partial charge in [-0.3, -0.25) is 0 Å². The van der Waals surface area contributed by atoms with Crippen molar-refractivity contribution in [1.29, 1.82) is 0 Å². The second-order valence-corrected chi connectivity index (χ2v) is 6.36. The zero-order chi connectivity index (χ0) is 14.5. The maximum absolute atomic E-state index is 11.8. The van der Waals surface area contributed by atoms with Crippen molar-refractivity contribution < 1.29 is 9.53 Å². The van der Waals surface area contributed by atoms with Crippen molar-refractivity contribution in [2.75, 3.05) is 40.3 Å². The minimum atomic E-state index is -0.424. The molecule has 0 atom stereocenters. The average molecular weight is 271 g/mol. The molecule has 1 aliphatic heterocycles. The van der Waals surface area contributed by atoms with Crippen molar-refractivity contribution in [3.63, 3.8) is 0 Å². The fourth-order valence-corrected chi connectivity index (χ4v) is 2.17. The Labute approximate surface area is 117 Å². The standard InChI is InChI=1S/C14H29N3O2/c1-14(2,3)19-13(18)17(5)11-10-16(4)12-6-8-15-9-7-12/h12,15H,6-11H2,1-5H3. The molecule has 5 heteroatoms. The number of carbonyl (C=O) groups excluding carboxylic acids is 1. The monoisotopic (exact) mass is 271 g/mol. The lowest BCUT2D eigenvalue weighted by molar-refractivity contribution is 0.0277. The van der Waals surface area contributed by atoms with E-state index >= 15 is 0 Å². The third kappa shape index (κ3) is 6.25. The van der Waals surface area contributed by atoms with Crippen LogP contribution >= 0.6 is 0 Å². The number of piperidine rings is 1. The van der Waals surface area contributed by atoms with Crippen LogP contribution in [-0.2, 0) is 4.74 Å². The van der Waals surface area contributed by atoms with E-state index in [1.165, 1.54) is 12.8 Å². The number of carbonyl (C=O) groups is 1. The first-order chi connectivity index (χ1) is 8.79. The van der Waals surface area contributed by atoms with Crippen molar-refractivity contribution >= 4 is 6.09 Å². The van der Waals surface area contributed by atoms with Gasteiger partial charge < -0.3 is 19.9 Å². The lowest BCUT2D eigenvalue weighted by Crippen LogP contribution is -2.45. The van der Waals surface area contributed by atoms with Gasteiger partial charge in [0.05, 0.1) is 0 Å². The van der Waals surface area contributed by atoms with Crippen molar-refractivity contribution in [3.8, 4) is 0 Å². The van der Waals surface area contributed by atoms with Crippen LogP contribution in [0.4, 0.5) is 4.79 Å². The summed E-state index contributed by atoms with van der Waals surface area (Å²) < 4.78 is 5.34. The van der Waals surface area contributed by atoms with Crippen LogP contribution in [0.3, 0.4) is 0 Å². The summed E-state index contributed by atoms with van der Waals surface area (Å²) in [5.74, 6) is 0. The first-order valence-corrected chi connectivity index (χ1v) is 7.14. The van der Waals surface area contributed by atoms with Gasteiger partial charge in [-0.2, -0.15) is 0 Å². The number of amides is 1. The van der Waals surface area contributed by atoms with E-state index in [9.17, 15) is 4.79 Å². The Kier molecular flexibility index (Phi) is 6.07. The zero-order valence-electron chi connectivity index (χ0n) is 13.0. The van der Waals surface area contributed by atoms with E-state index in [1.807, 2.05) is 20.8 Å². The van der Waals surface area contributed by atoms with Gasteiger partial charge in [-0.25, -0.2) is 4.79 Å². The van der Waals surface area contributed by atoms with Gasteiger partial charge in [0.1, 0.15) is 5.60 Å². The Bertz CT molecular complexity index is 283. The van der Waals surface area contributed by atoms with Crippen LogP contribution in [0.1, 0.15) is 33.6 Å². The molecule has 1 heterocycles.